The molecule has 0 unspecified atom stereocenters. The maximum absolute atomic E-state index is 13.2. The first-order chi connectivity index (χ1) is 14.1. The molecule has 4 rings (SSSR count). The summed E-state index contributed by atoms with van der Waals surface area (Å²) in [5.74, 6) is -0.213. The topological polar surface area (TPSA) is 90.9 Å². The lowest BCUT2D eigenvalue weighted by molar-refractivity contribution is -0.122. The predicted molar refractivity (Wildman–Crippen MR) is 110 cm³/mol. The highest BCUT2D eigenvalue weighted by Crippen LogP contribution is 2.17. The lowest BCUT2D eigenvalue weighted by Crippen LogP contribution is -2.43. The van der Waals surface area contributed by atoms with Crippen LogP contribution in [0.25, 0.3) is 11.0 Å². The van der Waals surface area contributed by atoms with Crippen molar-refractivity contribution in [1.82, 2.24) is 24.2 Å². The minimum Gasteiger partial charge on any atom is -0.352 e. The summed E-state index contributed by atoms with van der Waals surface area (Å²) in [5.41, 5.74) is 0.504. The van der Waals surface area contributed by atoms with Gasteiger partial charge in [0.25, 0.3) is 5.56 Å². The van der Waals surface area contributed by atoms with Gasteiger partial charge < -0.3 is 5.32 Å². The van der Waals surface area contributed by atoms with Gasteiger partial charge in [0.05, 0.1) is 12.1 Å². The number of hydrogen-bond donors (Lipinski definition) is 1. The third-order valence-corrected chi connectivity index (χ3v) is 5.47. The smallest absolute Gasteiger partial charge is 0.332 e. The summed E-state index contributed by atoms with van der Waals surface area (Å²) in [7, 11) is 0. The molecule has 0 spiro atoms. The number of benzene rings is 1. The molecule has 0 aliphatic heterocycles. The van der Waals surface area contributed by atoms with Crippen LogP contribution >= 0.6 is 0 Å². The summed E-state index contributed by atoms with van der Waals surface area (Å²) in [6.07, 6.45) is 5.82. The average Bonchev–Trinajstić information content (AvgIpc) is 3.39. The molecule has 1 aliphatic carbocycles. The molecule has 2 aromatic heterocycles. The second kappa shape index (κ2) is 8.06. The average molecular weight is 395 g/mol. The summed E-state index contributed by atoms with van der Waals surface area (Å²) in [4.78, 5) is 38.8. The normalized spacial score (nSPS) is 14.5. The number of aryl methyl sites for hydroxylation is 1. The predicted octanol–water partition coefficient (Wildman–Crippen LogP) is 1.49. The molecular formula is C21H25N5O3. The van der Waals surface area contributed by atoms with E-state index < -0.39 is 11.2 Å². The highest BCUT2D eigenvalue weighted by molar-refractivity contribution is 5.79. The van der Waals surface area contributed by atoms with Crippen molar-refractivity contribution < 1.29 is 4.79 Å². The van der Waals surface area contributed by atoms with E-state index >= 15 is 0 Å². The van der Waals surface area contributed by atoms with Crippen LogP contribution in [0.1, 0.15) is 38.2 Å². The Hall–Kier alpha value is -3.16. The van der Waals surface area contributed by atoms with Gasteiger partial charge in [-0.25, -0.2) is 4.79 Å². The Morgan fingerprint density at radius 3 is 2.55 bits per heavy atom. The quantitative estimate of drug-likeness (QED) is 0.685. The number of fused-ring (bicyclic) bond motifs is 1. The van der Waals surface area contributed by atoms with E-state index in [1.54, 1.807) is 10.9 Å². The SMILES string of the molecule is CCn1cc2c(n1)c(=O)n(Cc1ccccc1)c(=O)n2CC(=O)NC1CCCC1. The van der Waals surface area contributed by atoms with E-state index in [1.807, 2.05) is 37.3 Å². The molecule has 8 nitrogen and oxygen atoms in total. The molecule has 8 heteroatoms. The van der Waals surface area contributed by atoms with E-state index in [0.717, 1.165) is 35.8 Å². The van der Waals surface area contributed by atoms with E-state index in [2.05, 4.69) is 10.4 Å². The summed E-state index contributed by atoms with van der Waals surface area (Å²) >= 11 is 0. The fraction of sp³-hybridized carbons (Fsp3) is 0.429. The van der Waals surface area contributed by atoms with Crippen LogP contribution in [0.2, 0.25) is 0 Å². The highest BCUT2D eigenvalue weighted by atomic mass is 16.2. The van der Waals surface area contributed by atoms with E-state index in [9.17, 15) is 14.4 Å². The maximum Gasteiger partial charge on any atom is 0.332 e. The number of nitrogens with one attached hydrogen (secondary N) is 1. The number of aromatic nitrogens is 4. The van der Waals surface area contributed by atoms with Crippen molar-refractivity contribution in [3.05, 3.63) is 62.9 Å². The van der Waals surface area contributed by atoms with Gasteiger partial charge in [-0.2, -0.15) is 5.10 Å². The van der Waals surface area contributed by atoms with Crippen molar-refractivity contribution in [2.24, 2.45) is 0 Å². The molecule has 0 radical (unpaired) electrons. The highest BCUT2D eigenvalue weighted by Gasteiger charge is 2.21. The van der Waals surface area contributed by atoms with Gasteiger partial charge in [0.1, 0.15) is 6.54 Å². The molecule has 0 atom stereocenters. The van der Waals surface area contributed by atoms with Gasteiger partial charge >= 0.3 is 5.69 Å². The fourth-order valence-electron chi connectivity index (χ4n) is 3.93. The second-order valence-corrected chi connectivity index (χ2v) is 7.51. The number of carbonyl (C=O) groups is 1. The summed E-state index contributed by atoms with van der Waals surface area (Å²) in [5, 5.41) is 7.35. The van der Waals surface area contributed by atoms with Crippen LogP contribution in [0, 0.1) is 0 Å². The molecule has 1 N–H and O–H groups in total. The fourth-order valence-corrected chi connectivity index (χ4v) is 3.93. The van der Waals surface area contributed by atoms with Gasteiger partial charge in [0.15, 0.2) is 5.52 Å². The van der Waals surface area contributed by atoms with Gasteiger partial charge in [-0.15, -0.1) is 0 Å². The number of carbonyl (C=O) groups excluding carboxylic acids is 1. The number of amides is 1. The summed E-state index contributed by atoms with van der Waals surface area (Å²) < 4.78 is 4.14. The van der Waals surface area contributed by atoms with Crippen LogP contribution in [0.3, 0.4) is 0 Å². The molecule has 0 bridgehead atoms. The van der Waals surface area contributed by atoms with Gasteiger partial charge in [0, 0.05) is 18.8 Å². The first-order valence-corrected chi connectivity index (χ1v) is 10.1. The monoisotopic (exact) mass is 395 g/mol. The van der Waals surface area contributed by atoms with E-state index in [-0.39, 0.29) is 30.6 Å². The minimum absolute atomic E-state index is 0.129. The van der Waals surface area contributed by atoms with Gasteiger partial charge in [0.2, 0.25) is 5.91 Å². The first kappa shape index (κ1) is 19.2. The molecule has 1 fully saturated rings. The third kappa shape index (κ3) is 3.87. The molecule has 1 aromatic carbocycles. The Kier molecular flexibility index (Phi) is 5.33. The molecule has 29 heavy (non-hydrogen) atoms. The van der Waals surface area contributed by atoms with Crippen molar-refractivity contribution in [2.75, 3.05) is 0 Å². The zero-order chi connectivity index (χ0) is 20.4. The molecular weight excluding hydrogens is 370 g/mol. The van der Waals surface area contributed by atoms with Crippen LogP contribution in [-0.4, -0.2) is 30.9 Å². The zero-order valence-corrected chi connectivity index (χ0v) is 16.5. The Balaban J connectivity index is 1.76. The van der Waals surface area contributed by atoms with Crippen molar-refractivity contribution in [3.63, 3.8) is 0 Å². The van der Waals surface area contributed by atoms with E-state index in [0.29, 0.717) is 12.1 Å². The number of hydrogen-bond acceptors (Lipinski definition) is 4. The minimum atomic E-state index is -0.497. The maximum atomic E-state index is 13.2. The largest absolute Gasteiger partial charge is 0.352 e. The van der Waals surface area contributed by atoms with Crippen molar-refractivity contribution in [2.45, 2.75) is 58.3 Å². The number of rotatable bonds is 6. The molecule has 1 amide bonds. The zero-order valence-electron chi connectivity index (χ0n) is 16.5. The van der Waals surface area contributed by atoms with Crippen LogP contribution in [0.15, 0.2) is 46.1 Å². The molecule has 0 saturated heterocycles. The number of nitrogens with zero attached hydrogens (tertiary/aromatic N) is 4. The second-order valence-electron chi connectivity index (χ2n) is 7.51. The van der Waals surface area contributed by atoms with Crippen LogP contribution in [0.4, 0.5) is 0 Å². The molecule has 2 heterocycles. The Bertz CT molecular complexity index is 1140. The molecule has 3 aromatic rings. The Morgan fingerprint density at radius 1 is 1.14 bits per heavy atom. The summed E-state index contributed by atoms with van der Waals surface area (Å²) in [6, 6.07) is 9.48. The van der Waals surface area contributed by atoms with E-state index in [1.165, 1.54) is 4.57 Å². The summed E-state index contributed by atoms with van der Waals surface area (Å²) in [6.45, 7) is 2.48. The van der Waals surface area contributed by atoms with Gasteiger partial charge in [-0.05, 0) is 25.3 Å². The standard InChI is InChI=1S/C21H25N5O3/c1-2-24-13-17-19(23-24)20(28)26(12-15-8-4-3-5-9-15)21(29)25(17)14-18(27)22-16-10-6-7-11-16/h3-5,8-9,13,16H,2,6-7,10-12,14H2,1H3,(H,22,27). The van der Waals surface area contributed by atoms with Crippen LogP contribution in [-0.2, 0) is 24.4 Å². The van der Waals surface area contributed by atoms with Crippen molar-refractivity contribution in [1.29, 1.82) is 0 Å². The first-order valence-electron chi connectivity index (χ1n) is 10.1. The molecule has 152 valence electrons. The van der Waals surface area contributed by atoms with Crippen LogP contribution < -0.4 is 16.6 Å². The van der Waals surface area contributed by atoms with Crippen molar-refractivity contribution >= 4 is 16.9 Å². The Morgan fingerprint density at radius 2 is 1.86 bits per heavy atom. The van der Waals surface area contributed by atoms with Crippen molar-refractivity contribution in [3.8, 4) is 0 Å². The molecule has 1 aliphatic rings. The van der Waals surface area contributed by atoms with E-state index in [4.69, 9.17) is 0 Å². The lowest BCUT2D eigenvalue weighted by atomic mass is 10.2. The Labute approximate surface area is 167 Å². The lowest BCUT2D eigenvalue weighted by Gasteiger charge is -2.14. The van der Waals surface area contributed by atoms with Gasteiger partial charge in [-0.1, -0.05) is 43.2 Å². The van der Waals surface area contributed by atoms with Crippen LogP contribution in [0.5, 0.6) is 0 Å². The third-order valence-electron chi connectivity index (χ3n) is 5.47. The van der Waals surface area contributed by atoms with Gasteiger partial charge in [-0.3, -0.25) is 23.4 Å². The molecule has 1 saturated carbocycles.